The van der Waals surface area contributed by atoms with Crippen LogP contribution in [0.15, 0.2) is 36.4 Å². The largest absolute Gasteiger partial charge is 0.354 e. The molecule has 0 saturated heterocycles. The number of carbonyl (C=O) groups excluding carboxylic acids is 1. The standard InChI is InChI=1S/C18H18Cl4N2O3S2/c1-29(26,27)24(16-7-14(20)6-15(21)8-16)10-18(25)23-4-5-28-11-12-2-3-13(19)9-17(12)22/h2-3,6-9H,4-5,10-11H2,1H3,(H,23,25). The van der Waals surface area contributed by atoms with Crippen molar-refractivity contribution in [2.45, 2.75) is 5.75 Å². The van der Waals surface area contributed by atoms with Gasteiger partial charge in [-0.2, -0.15) is 11.8 Å². The highest BCUT2D eigenvalue weighted by Crippen LogP contribution is 2.27. The molecule has 0 heterocycles. The van der Waals surface area contributed by atoms with Gasteiger partial charge in [-0.25, -0.2) is 8.42 Å². The van der Waals surface area contributed by atoms with Gasteiger partial charge in [-0.3, -0.25) is 9.10 Å². The third kappa shape index (κ3) is 8.07. The highest BCUT2D eigenvalue weighted by atomic mass is 35.5. The Hall–Kier alpha value is -0.830. The lowest BCUT2D eigenvalue weighted by molar-refractivity contribution is -0.119. The number of sulfonamides is 1. The molecule has 0 aliphatic heterocycles. The van der Waals surface area contributed by atoms with Crippen molar-refractivity contribution in [2.75, 3.05) is 29.4 Å². The van der Waals surface area contributed by atoms with Crippen LogP contribution in [-0.2, 0) is 20.6 Å². The number of halogens is 4. The van der Waals surface area contributed by atoms with E-state index in [0.717, 1.165) is 16.1 Å². The van der Waals surface area contributed by atoms with E-state index in [-0.39, 0.29) is 22.3 Å². The smallest absolute Gasteiger partial charge is 0.240 e. The van der Waals surface area contributed by atoms with Crippen LogP contribution >= 0.6 is 58.2 Å². The molecule has 2 aromatic rings. The number of hydrogen-bond donors (Lipinski definition) is 1. The van der Waals surface area contributed by atoms with E-state index in [2.05, 4.69) is 5.32 Å². The van der Waals surface area contributed by atoms with Crippen molar-refractivity contribution in [2.24, 2.45) is 0 Å². The van der Waals surface area contributed by atoms with E-state index in [1.54, 1.807) is 23.9 Å². The second kappa shape index (κ2) is 11.0. The van der Waals surface area contributed by atoms with E-state index < -0.39 is 15.9 Å². The molecule has 0 spiro atoms. The van der Waals surface area contributed by atoms with Crippen LogP contribution < -0.4 is 9.62 Å². The van der Waals surface area contributed by atoms with Gasteiger partial charge in [-0.05, 0) is 35.9 Å². The van der Waals surface area contributed by atoms with Crippen LogP contribution in [0.1, 0.15) is 5.56 Å². The Morgan fingerprint density at radius 1 is 1.03 bits per heavy atom. The summed E-state index contributed by atoms with van der Waals surface area (Å²) >= 11 is 25.5. The number of rotatable bonds is 9. The third-order valence-electron chi connectivity index (χ3n) is 3.66. The van der Waals surface area contributed by atoms with E-state index >= 15 is 0 Å². The molecule has 2 aromatic carbocycles. The maximum Gasteiger partial charge on any atom is 0.240 e. The summed E-state index contributed by atoms with van der Waals surface area (Å²) in [7, 11) is -3.70. The van der Waals surface area contributed by atoms with Crippen LogP contribution in [-0.4, -0.2) is 39.4 Å². The number of nitrogens with zero attached hydrogens (tertiary/aromatic N) is 1. The summed E-state index contributed by atoms with van der Waals surface area (Å²) < 4.78 is 25.2. The second-order valence-corrected chi connectivity index (χ2v) is 10.8. The molecule has 0 aromatic heterocycles. The van der Waals surface area contributed by atoms with Crippen molar-refractivity contribution in [1.82, 2.24) is 5.32 Å². The summed E-state index contributed by atoms with van der Waals surface area (Å²) in [5, 5.41) is 4.43. The number of carbonyl (C=O) groups is 1. The number of thioether (sulfide) groups is 1. The number of hydrogen-bond acceptors (Lipinski definition) is 4. The molecule has 1 N–H and O–H groups in total. The average Bonchev–Trinajstić information content (AvgIpc) is 2.59. The zero-order valence-electron chi connectivity index (χ0n) is 15.3. The lowest BCUT2D eigenvalue weighted by Gasteiger charge is -2.22. The Bertz CT molecular complexity index is 967. The average molecular weight is 516 g/mol. The predicted octanol–water partition coefficient (Wildman–Crippen LogP) is 5.12. The van der Waals surface area contributed by atoms with Crippen molar-refractivity contribution in [3.8, 4) is 0 Å². The van der Waals surface area contributed by atoms with Gasteiger partial charge < -0.3 is 5.32 Å². The number of benzene rings is 2. The zero-order chi connectivity index (χ0) is 21.6. The fourth-order valence-corrected chi connectivity index (χ4v) is 5.12. The molecule has 0 unspecified atom stereocenters. The minimum absolute atomic E-state index is 0.229. The number of nitrogens with one attached hydrogen (secondary N) is 1. The first kappa shape index (κ1) is 24.4. The summed E-state index contributed by atoms with van der Waals surface area (Å²) in [6.45, 7) is 0.00575. The lowest BCUT2D eigenvalue weighted by atomic mass is 10.2. The monoisotopic (exact) mass is 514 g/mol. The van der Waals surface area contributed by atoms with Gasteiger partial charge in [-0.1, -0.05) is 52.5 Å². The molecule has 0 aliphatic carbocycles. The van der Waals surface area contributed by atoms with Crippen LogP contribution in [0.4, 0.5) is 5.69 Å². The van der Waals surface area contributed by atoms with Gasteiger partial charge >= 0.3 is 0 Å². The van der Waals surface area contributed by atoms with Crippen molar-refractivity contribution >= 4 is 79.8 Å². The summed E-state index contributed by atoms with van der Waals surface area (Å²) in [5.41, 5.74) is 1.18. The summed E-state index contributed by atoms with van der Waals surface area (Å²) in [5.74, 6) is 0.867. The minimum Gasteiger partial charge on any atom is -0.354 e. The molecule has 0 fully saturated rings. The molecular formula is C18H18Cl4N2O3S2. The van der Waals surface area contributed by atoms with E-state index in [4.69, 9.17) is 46.4 Å². The SMILES string of the molecule is CS(=O)(=O)N(CC(=O)NCCSCc1ccc(Cl)cc1Cl)c1cc(Cl)cc(Cl)c1. The molecule has 0 saturated carbocycles. The van der Waals surface area contributed by atoms with Gasteiger partial charge in [0.25, 0.3) is 0 Å². The van der Waals surface area contributed by atoms with Crippen LogP contribution in [0.3, 0.4) is 0 Å². The quantitative estimate of drug-likeness (QED) is 0.471. The summed E-state index contributed by atoms with van der Waals surface area (Å²) in [6, 6.07) is 9.67. The highest BCUT2D eigenvalue weighted by Gasteiger charge is 2.21. The van der Waals surface area contributed by atoms with Crippen molar-refractivity contribution < 1.29 is 13.2 Å². The topological polar surface area (TPSA) is 66.5 Å². The molecule has 0 atom stereocenters. The number of amides is 1. The molecule has 2 rings (SSSR count). The van der Waals surface area contributed by atoms with Crippen LogP contribution in [0.25, 0.3) is 0 Å². The van der Waals surface area contributed by atoms with E-state index in [0.29, 0.717) is 28.1 Å². The number of anilines is 1. The zero-order valence-corrected chi connectivity index (χ0v) is 19.9. The van der Waals surface area contributed by atoms with Crippen molar-refractivity contribution in [3.63, 3.8) is 0 Å². The Labute approximate surface area is 194 Å². The molecule has 29 heavy (non-hydrogen) atoms. The predicted molar refractivity (Wildman–Crippen MR) is 124 cm³/mol. The van der Waals surface area contributed by atoms with Gasteiger partial charge in [0.15, 0.2) is 0 Å². The van der Waals surface area contributed by atoms with Crippen molar-refractivity contribution in [3.05, 3.63) is 62.1 Å². The molecule has 158 valence electrons. The Morgan fingerprint density at radius 2 is 1.69 bits per heavy atom. The van der Waals surface area contributed by atoms with Crippen LogP contribution in [0.2, 0.25) is 20.1 Å². The van der Waals surface area contributed by atoms with Gasteiger partial charge in [0.1, 0.15) is 6.54 Å². The van der Waals surface area contributed by atoms with Crippen molar-refractivity contribution in [1.29, 1.82) is 0 Å². The van der Waals surface area contributed by atoms with Crippen LogP contribution in [0, 0.1) is 0 Å². The Balaban J connectivity index is 1.87. The van der Waals surface area contributed by atoms with Gasteiger partial charge in [-0.15, -0.1) is 0 Å². The molecule has 11 heteroatoms. The van der Waals surface area contributed by atoms with E-state index in [1.807, 2.05) is 6.07 Å². The normalized spacial score (nSPS) is 11.3. The second-order valence-electron chi connectivity index (χ2n) is 6.04. The summed E-state index contributed by atoms with van der Waals surface area (Å²) in [6.07, 6.45) is 1.01. The molecule has 1 amide bonds. The molecule has 5 nitrogen and oxygen atoms in total. The van der Waals surface area contributed by atoms with Gasteiger partial charge in [0.2, 0.25) is 15.9 Å². The molecule has 0 bridgehead atoms. The fourth-order valence-electron chi connectivity index (χ4n) is 2.35. The van der Waals surface area contributed by atoms with E-state index in [1.165, 1.54) is 18.2 Å². The van der Waals surface area contributed by atoms with Gasteiger partial charge in [0, 0.05) is 38.1 Å². The fraction of sp³-hybridized carbons (Fsp3) is 0.278. The Kier molecular flexibility index (Phi) is 9.25. The van der Waals surface area contributed by atoms with Gasteiger partial charge in [0.05, 0.1) is 11.9 Å². The molecule has 0 aliphatic rings. The first-order chi connectivity index (χ1) is 13.6. The Morgan fingerprint density at radius 3 is 2.28 bits per heavy atom. The molecular weight excluding hydrogens is 498 g/mol. The molecule has 0 radical (unpaired) electrons. The highest BCUT2D eigenvalue weighted by molar-refractivity contribution is 7.98. The minimum atomic E-state index is -3.70. The van der Waals surface area contributed by atoms with E-state index in [9.17, 15) is 13.2 Å². The summed E-state index contributed by atoms with van der Waals surface area (Å²) in [4.78, 5) is 12.2. The maximum absolute atomic E-state index is 12.2. The van der Waals surface area contributed by atoms with Crippen LogP contribution in [0.5, 0.6) is 0 Å². The third-order valence-corrected chi connectivity index (χ3v) is 6.84. The maximum atomic E-state index is 12.2. The first-order valence-electron chi connectivity index (χ1n) is 8.28. The first-order valence-corrected chi connectivity index (χ1v) is 12.8. The lowest BCUT2D eigenvalue weighted by Crippen LogP contribution is -2.41.